The number of allylic oxidation sites excluding steroid dienone is 1. The van der Waals surface area contributed by atoms with E-state index in [9.17, 15) is 29.4 Å². The normalized spacial score (nSPS) is 13.2. The van der Waals surface area contributed by atoms with Gasteiger partial charge in [-0.15, -0.1) is 0 Å². The van der Waals surface area contributed by atoms with Crippen LogP contribution in [0.2, 0.25) is 0 Å². The van der Waals surface area contributed by atoms with E-state index in [-0.39, 0.29) is 34.5 Å². The van der Waals surface area contributed by atoms with Crippen LogP contribution in [-0.4, -0.2) is 77.0 Å². The fraction of sp³-hybridized carbons (Fsp3) is 0.200. The first kappa shape index (κ1) is 34.0. The second kappa shape index (κ2) is 15.4. The smallest absolute Gasteiger partial charge is 0.273 e. The van der Waals surface area contributed by atoms with Crippen molar-refractivity contribution >= 4 is 46.8 Å². The minimum Gasteiger partial charge on any atom is -0.504 e. The van der Waals surface area contributed by atoms with Gasteiger partial charge in [-0.3, -0.25) is 19.2 Å². The summed E-state index contributed by atoms with van der Waals surface area (Å²) in [5.41, 5.74) is 3.49. The molecule has 1 aliphatic heterocycles. The molecule has 0 unspecified atom stereocenters. The molecule has 1 aliphatic rings. The molecule has 0 aromatic heterocycles. The van der Waals surface area contributed by atoms with E-state index in [0.717, 1.165) is 17.2 Å². The molecule has 1 saturated heterocycles. The lowest BCUT2D eigenvalue weighted by molar-refractivity contribution is -0.123. The third-order valence-electron chi connectivity index (χ3n) is 7.45. The molecule has 3 aromatic carbocycles. The second-order valence-corrected chi connectivity index (χ2v) is 10.6. The monoisotopic (exact) mass is 639 g/mol. The van der Waals surface area contributed by atoms with Crippen LogP contribution in [0.4, 0.5) is 17.1 Å². The van der Waals surface area contributed by atoms with Crippen molar-refractivity contribution in [3.05, 3.63) is 107 Å². The van der Waals surface area contributed by atoms with Gasteiger partial charge in [-0.2, -0.15) is 0 Å². The van der Waals surface area contributed by atoms with Crippen LogP contribution >= 0.6 is 0 Å². The summed E-state index contributed by atoms with van der Waals surface area (Å²) in [6.07, 6.45) is 6.05. The molecule has 12 nitrogen and oxygen atoms in total. The van der Waals surface area contributed by atoms with E-state index in [2.05, 4.69) is 22.5 Å². The molecule has 0 spiro atoms. The molecule has 5 N–H and O–H groups in total. The Kier molecular flexibility index (Phi) is 11.1. The molecule has 1 fully saturated rings. The number of phenols is 2. The Morgan fingerprint density at radius 3 is 2.36 bits per heavy atom. The van der Waals surface area contributed by atoms with Gasteiger partial charge in [-0.25, -0.2) is 0 Å². The van der Waals surface area contributed by atoms with E-state index in [1.54, 1.807) is 67.6 Å². The Bertz CT molecular complexity index is 1760. The van der Waals surface area contributed by atoms with Gasteiger partial charge in [0.05, 0.1) is 24.5 Å². The standard InChI is InChI=1S/C35H37N5O7/c1-5-27(36-25-11-12-26(29(21-25)37-32(43)6-2)34(45)40-16-18-47-19-17-40)35(46)39(4)15-14-23-8-7-9-28(22(23)3)38-33(44)24-10-13-30(41)31(42)20-24/h5-15,20-21,36,41-42H,2,16-19H2,1,3-4H3,(H,37,43)(H,38,44)/b15-14+,27-5+. The molecule has 12 heteroatoms. The number of anilines is 3. The van der Waals surface area contributed by atoms with Crippen LogP contribution in [-0.2, 0) is 14.3 Å². The largest absolute Gasteiger partial charge is 0.504 e. The molecular weight excluding hydrogens is 602 g/mol. The minimum atomic E-state index is -0.482. The van der Waals surface area contributed by atoms with Crippen molar-refractivity contribution in [1.29, 1.82) is 0 Å². The lowest BCUT2D eigenvalue weighted by atomic mass is 10.1. The van der Waals surface area contributed by atoms with E-state index >= 15 is 0 Å². The number of carbonyl (C=O) groups is 4. The van der Waals surface area contributed by atoms with Crippen LogP contribution in [0, 0.1) is 6.92 Å². The second-order valence-electron chi connectivity index (χ2n) is 10.6. The molecule has 3 aromatic rings. The Morgan fingerprint density at radius 1 is 0.936 bits per heavy atom. The number of benzene rings is 3. The summed E-state index contributed by atoms with van der Waals surface area (Å²) in [6.45, 7) is 8.76. The number of rotatable bonds is 10. The minimum absolute atomic E-state index is 0.172. The number of amides is 4. The molecule has 4 rings (SSSR count). The van der Waals surface area contributed by atoms with Crippen molar-refractivity contribution < 1.29 is 34.1 Å². The third-order valence-corrected chi connectivity index (χ3v) is 7.45. The number of nitrogens with one attached hydrogen (secondary N) is 3. The van der Waals surface area contributed by atoms with Crippen LogP contribution < -0.4 is 16.0 Å². The van der Waals surface area contributed by atoms with Crippen molar-refractivity contribution in [1.82, 2.24) is 9.80 Å². The summed E-state index contributed by atoms with van der Waals surface area (Å²) >= 11 is 0. The van der Waals surface area contributed by atoms with Gasteiger partial charge in [0, 0.05) is 43.3 Å². The number of morpholine rings is 1. The average Bonchev–Trinajstić information content (AvgIpc) is 3.08. The van der Waals surface area contributed by atoms with Gasteiger partial charge in [0.1, 0.15) is 5.70 Å². The number of ether oxygens (including phenoxy) is 1. The fourth-order valence-corrected chi connectivity index (χ4v) is 4.72. The molecule has 0 saturated carbocycles. The zero-order valence-corrected chi connectivity index (χ0v) is 26.4. The number of carbonyl (C=O) groups excluding carboxylic acids is 4. The summed E-state index contributed by atoms with van der Waals surface area (Å²) in [6, 6.07) is 14.0. The summed E-state index contributed by atoms with van der Waals surface area (Å²) in [4.78, 5) is 54.6. The van der Waals surface area contributed by atoms with Crippen LogP contribution in [0.1, 0.15) is 38.8 Å². The zero-order chi connectivity index (χ0) is 34.1. The van der Waals surface area contributed by atoms with Crippen molar-refractivity contribution in [2.24, 2.45) is 0 Å². The van der Waals surface area contributed by atoms with Crippen molar-refractivity contribution in [3.63, 3.8) is 0 Å². The highest BCUT2D eigenvalue weighted by Gasteiger charge is 2.23. The molecule has 0 radical (unpaired) electrons. The Hall–Kier alpha value is -5.88. The summed E-state index contributed by atoms with van der Waals surface area (Å²) in [5, 5.41) is 27.8. The van der Waals surface area contributed by atoms with E-state index < -0.39 is 17.6 Å². The molecule has 0 aliphatic carbocycles. The van der Waals surface area contributed by atoms with Gasteiger partial charge < -0.3 is 40.7 Å². The Morgan fingerprint density at radius 2 is 1.68 bits per heavy atom. The SMILES string of the molecule is C=CC(=O)Nc1cc(N/C(=C/C)C(=O)N(C)/C=C/c2cccc(NC(=O)c3ccc(O)c(O)c3)c2C)ccc1C(=O)N1CCOCC1. The van der Waals surface area contributed by atoms with Crippen LogP contribution in [0.5, 0.6) is 11.5 Å². The van der Waals surface area contributed by atoms with E-state index in [4.69, 9.17) is 4.74 Å². The molecular formula is C35H37N5O7. The molecule has 0 bridgehead atoms. The van der Waals surface area contributed by atoms with Crippen molar-refractivity contribution in [2.45, 2.75) is 13.8 Å². The van der Waals surface area contributed by atoms with Gasteiger partial charge in [-0.1, -0.05) is 24.8 Å². The van der Waals surface area contributed by atoms with E-state index in [1.165, 1.54) is 23.1 Å². The number of hydrogen-bond donors (Lipinski definition) is 5. The average molecular weight is 640 g/mol. The first-order chi connectivity index (χ1) is 22.5. The molecule has 0 atom stereocenters. The highest BCUT2D eigenvalue weighted by atomic mass is 16.5. The Labute approximate surface area is 272 Å². The van der Waals surface area contributed by atoms with Gasteiger partial charge >= 0.3 is 0 Å². The number of phenolic OH excluding ortho intramolecular Hbond substituents is 2. The van der Waals surface area contributed by atoms with Crippen molar-refractivity contribution in [3.8, 4) is 11.5 Å². The van der Waals surface area contributed by atoms with E-state index in [0.29, 0.717) is 43.2 Å². The van der Waals surface area contributed by atoms with Gasteiger partial charge in [0.15, 0.2) is 11.5 Å². The van der Waals surface area contributed by atoms with Crippen LogP contribution in [0.3, 0.4) is 0 Å². The quantitative estimate of drug-likeness (QED) is 0.158. The van der Waals surface area contributed by atoms with Gasteiger partial charge in [0.25, 0.3) is 17.7 Å². The first-order valence-electron chi connectivity index (χ1n) is 14.8. The maximum absolute atomic E-state index is 13.4. The summed E-state index contributed by atoms with van der Waals surface area (Å²) in [5.74, 6) is -2.27. The number of aromatic hydroxyl groups is 2. The zero-order valence-electron chi connectivity index (χ0n) is 26.4. The molecule has 4 amide bonds. The highest BCUT2D eigenvalue weighted by Crippen LogP contribution is 2.27. The first-order valence-corrected chi connectivity index (χ1v) is 14.8. The highest BCUT2D eigenvalue weighted by molar-refractivity contribution is 6.07. The molecule has 1 heterocycles. The maximum Gasteiger partial charge on any atom is 0.273 e. The van der Waals surface area contributed by atoms with Crippen molar-refractivity contribution in [2.75, 3.05) is 49.3 Å². The number of nitrogens with zero attached hydrogens (tertiary/aromatic N) is 2. The summed E-state index contributed by atoms with van der Waals surface area (Å²) < 4.78 is 5.34. The number of likely N-dealkylation sites (N-methyl/N-ethyl adjacent to an activating group) is 1. The van der Waals surface area contributed by atoms with Crippen LogP contribution in [0.25, 0.3) is 6.08 Å². The molecule has 47 heavy (non-hydrogen) atoms. The fourth-order valence-electron chi connectivity index (χ4n) is 4.72. The summed E-state index contributed by atoms with van der Waals surface area (Å²) in [7, 11) is 1.60. The van der Waals surface area contributed by atoms with Gasteiger partial charge in [0.2, 0.25) is 5.91 Å². The third kappa shape index (κ3) is 8.44. The lowest BCUT2D eigenvalue weighted by Crippen LogP contribution is -2.41. The van der Waals surface area contributed by atoms with E-state index in [1.807, 2.05) is 13.0 Å². The van der Waals surface area contributed by atoms with Gasteiger partial charge in [-0.05, 0) is 79.6 Å². The van der Waals surface area contributed by atoms with Crippen LogP contribution in [0.15, 0.2) is 85.2 Å². The predicted octanol–water partition coefficient (Wildman–Crippen LogP) is 4.70. The molecule has 244 valence electrons. The number of hydrogen-bond acceptors (Lipinski definition) is 8. The topological polar surface area (TPSA) is 161 Å². The maximum atomic E-state index is 13.4. The lowest BCUT2D eigenvalue weighted by Gasteiger charge is -2.27. The predicted molar refractivity (Wildman–Crippen MR) is 180 cm³/mol. The Balaban J connectivity index is 1.47.